The molecule has 1 fully saturated rings. The molecule has 2 unspecified atom stereocenters. The zero-order valence-electron chi connectivity index (χ0n) is 13.4. The van der Waals surface area contributed by atoms with Gasteiger partial charge in [-0.25, -0.2) is 0 Å². The van der Waals surface area contributed by atoms with Gasteiger partial charge in [0, 0.05) is 18.5 Å². The fraction of sp³-hybridized carbons (Fsp3) is 0.938. The summed E-state index contributed by atoms with van der Waals surface area (Å²) >= 11 is 0. The van der Waals surface area contributed by atoms with Crippen LogP contribution in [0.25, 0.3) is 0 Å². The van der Waals surface area contributed by atoms with Crippen molar-refractivity contribution in [3.05, 3.63) is 0 Å². The molecule has 120 valence electrons. The molecule has 4 heteroatoms. The van der Waals surface area contributed by atoms with Crippen LogP contribution in [0.4, 0.5) is 0 Å². The van der Waals surface area contributed by atoms with E-state index in [-0.39, 0.29) is 24.2 Å². The first-order valence-electron chi connectivity index (χ1n) is 8.12. The third-order valence-electron chi connectivity index (χ3n) is 4.43. The Morgan fingerprint density at radius 3 is 2.45 bits per heavy atom. The molecular weight excluding hydrogens is 272 g/mol. The van der Waals surface area contributed by atoms with Gasteiger partial charge in [-0.3, -0.25) is 4.79 Å². The zero-order valence-corrected chi connectivity index (χ0v) is 14.2. The molecule has 0 heterocycles. The third kappa shape index (κ3) is 7.49. The van der Waals surface area contributed by atoms with E-state index >= 15 is 0 Å². The summed E-state index contributed by atoms with van der Waals surface area (Å²) < 4.78 is 0. The maximum atomic E-state index is 12.3. The number of likely N-dealkylation sites (N-methyl/N-ethyl adjacent to an activating group) is 1. The molecule has 1 aliphatic rings. The van der Waals surface area contributed by atoms with E-state index in [1.54, 1.807) is 0 Å². The maximum absolute atomic E-state index is 12.3. The summed E-state index contributed by atoms with van der Waals surface area (Å²) in [4.78, 5) is 12.3. The highest BCUT2D eigenvalue weighted by atomic mass is 35.5. The lowest BCUT2D eigenvalue weighted by atomic mass is 9.81. The zero-order chi connectivity index (χ0) is 14.1. The van der Waals surface area contributed by atoms with E-state index in [4.69, 9.17) is 0 Å². The lowest BCUT2D eigenvalue weighted by Gasteiger charge is -2.26. The summed E-state index contributed by atoms with van der Waals surface area (Å²) in [5.41, 5.74) is 0. The van der Waals surface area contributed by atoms with E-state index in [1.165, 1.54) is 32.1 Å². The van der Waals surface area contributed by atoms with Crippen LogP contribution in [0.1, 0.15) is 65.2 Å². The largest absolute Gasteiger partial charge is 0.354 e. The van der Waals surface area contributed by atoms with E-state index in [0.717, 1.165) is 31.7 Å². The Hall–Kier alpha value is -0.280. The van der Waals surface area contributed by atoms with Gasteiger partial charge in [-0.15, -0.1) is 12.4 Å². The van der Waals surface area contributed by atoms with Crippen LogP contribution in [-0.4, -0.2) is 25.5 Å². The number of hydrogen-bond acceptors (Lipinski definition) is 2. The molecule has 1 aliphatic carbocycles. The van der Waals surface area contributed by atoms with Crippen LogP contribution < -0.4 is 10.6 Å². The Labute approximate surface area is 131 Å². The van der Waals surface area contributed by atoms with Gasteiger partial charge in [-0.2, -0.15) is 0 Å². The molecule has 1 amide bonds. The molecule has 20 heavy (non-hydrogen) atoms. The molecule has 0 saturated heterocycles. The third-order valence-corrected chi connectivity index (χ3v) is 4.43. The van der Waals surface area contributed by atoms with Gasteiger partial charge in [-0.1, -0.05) is 45.4 Å². The van der Waals surface area contributed by atoms with Crippen molar-refractivity contribution >= 4 is 18.3 Å². The van der Waals surface area contributed by atoms with Crippen LogP contribution in [0, 0.1) is 11.8 Å². The second-order valence-electron chi connectivity index (χ2n) is 6.16. The Bertz CT molecular complexity index is 255. The predicted molar refractivity (Wildman–Crippen MR) is 88.4 cm³/mol. The highest BCUT2D eigenvalue weighted by Crippen LogP contribution is 2.30. The molecule has 0 aromatic carbocycles. The van der Waals surface area contributed by atoms with Gasteiger partial charge in [0.1, 0.15) is 0 Å². The monoisotopic (exact) mass is 304 g/mol. The van der Waals surface area contributed by atoms with Crippen LogP contribution in [0.3, 0.4) is 0 Å². The summed E-state index contributed by atoms with van der Waals surface area (Å²) in [5.74, 6) is 1.30. The standard InChI is InChI=1S/C16H32N2O.ClH/c1-4-8-15(11-14-9-6-5-7-10-14)16(19)18-12-13(2)17-3;/h13-15,17H,4-12H2,1-3H3,(H,18,19);1H. The van der Waals surface area contributed by atoms with Crippen LogP contribution >= 0.6 is 12.4 Å². The van der Waals surface area contributed by atoms with Crippen LogP contribution in [0.5, 0.6) is 0 Å². The minimum absolute atomic E-state index is 0. The molecule has 1 saturated carbocycles. The normalized spacial score (nSPS) is 18.9. The molecular formula is C16H33ClN2O. The minimum atomic E-state index is 0. The number of carbonyl (C=O) groups is 1. The topological polar surface area (TPSA) is 41.1 Å². The first kappa shape index (κ1) is 19.7. The van der Waals surface area contributed by atoms with E-state index in [0.29, 0.717) is 6.04 Å². The van der Waals surface area contributed by atoms with E-state index in [9.17, 15) is 4.79 Å². The number of amides is 1. The lowest BCUT2D eigenvalue weighted by Crippen LogP contribution is -2.40. The van der Waals surface area contributed by atoms with Crippen molar-refractivity contribution in [1.82, 2.24) is 10.6 Å². The Morgan fingerprint density at radius 2 is 1.90 bits per heavy atom. The molecule has 1 rings (SSSR count). The summed E-state index contributed by atoms with van der Waals surface area (Å²) in [6.07, 6.45) is 10.0. The first-order valence-corrected chi connectivity index (χ1v) is 8.12. The van der Waals surface area contributed by atoms with Gasteiger partial charge >= 0.3 is 0 Å². The van der Waals surface area contributed by atoms with Crippen molar-refractivity contribution < 1.29 is 4.79 Å². The molecule has 0 bridgehead atoms. The van der Waals surface area contributed by atoms with Crippen molar-refractivity contribution in [2.75, 3.05) is 13.6 Å². The molecule has 0 radical (unpaired) electrons. The van der Waals surface area contributed by atoms with Crippen molar-refractivity contribution in [3.63, 3.8) is 0 Å². The predicted octanol–water partition coefficient (Wildman–Crippen LogP) is 3.52. The van der Waals surface area contributed by atoms with Gasteiger partial charge in [0.15, 0.2) is 0 Å². The van der Waals surface area contributed by atoms with Crippen molar-refractivity contribution in [3.8, 4) is 0 Å². The van der Waals surface area contributed by atoms with Crippen LogP contribution in [-0.2, 0) is 4.79 Å². The Balaban J connectivity index is 0.00000361. The summed E-state index contributed by atoms with van der Waals surface area (Å²) in [6, 6.07) is 0.348. The highest BCUT2D eigenvalue weighted by molar-refractivity contribution is 5.85. The Morgan fingerprint density at radius 1 is 1.25 bits per heavy atom. The molecule has 2 N–H and O–H groups in total. The summed E-state index contributed by atoms with van der Waals surface area (Å²) in [5, 5.41) is 6.26. The molecule has 3 nitrogen and oxygen atoms in total. The fourth-order valence-corrected chi connectivity index (χ4v) is 3.03. The second kappa shape index (κ2) is 11.4. The van der Waals surface area contributed by atoms with E-state index in [2.05, 4.69) is 24.5 Å². The molecule has 0 spiro atoms. The maximum Gasteiger partial charge on any atom is 0.223 e. The summed E-state index contributed by atoms with van der Waals surface area (Å²) in [7, 11) is 1.93. The van der Waals surface area contributed by atoms with Gasteiger partial charge in [0.2, 0.25) is 5.91 Å². The smallest absolute Gasteiger partial charge is 0.223 e. The van der Waals surface area contributed by atoms with Gasteiger partial charge in [0.25, 0.3) is 0 Å². The molecule has 0 aliphatic heterocycles. The first-order chi connectivity index (χ1) is 9.17. The average molecular weight is 305 g/mol. The number of nitrogens with one attached hydrogen (secondary N) is 2. The average Bonchev–Trinajstić information content (AvgIpc) is 2.45. The molecule has 2 atom stereocenters. The second-order valence-corrected chi connectivity index (χ2v) is 6.16. The van der Waals surface area contributed by atoms with Crippen molar-refractivity contribution in [1.29, 1.82) is 0 Å². The minimum Gasteiger partial charge on any atom is -0.354 e. The fourth-order valence-electron chi connectivity index (χ4n) is 3.03. The van der Waals surface area contributed by atoms with Gasteiger partial charge in [-0.05, 0) is 32.7 Å². The van der Waals surface area contributed by atoms with Crippen LogP contribution in [0.2, 0.25) is 0 Å². The number of rotatable bonds is 8. The highest BCUT2D eigenvalue weighted by Gasteiger charge is 2.23. The number of carbonyl (C=O) groups excluding carboxylic acids is 1. The van der Waals surface area contributed by atoms with Crippen molar-refractivity contribution in [2.24, 2.45) is 11.8 Å². The number of hydrogen-bond donors (Lipinski definition) is 2. The van der Waals surface area contributed by atoms with E-state index < -0.39 is 0 Å². The van der Waals surface area contributed by atoms with E-state index in [1.807, 2.05) is 7.05 Å². The van der Waals surface area contributed by atoms with Gasteiger partial charge < -0.3 is 10.6 Å². The lowest BCUT2D eigenvalue weighted by molar-refractivity contribution is -0.126. The summed E-state index contributed by atoms with van der Waals surface area (Å²) in [6.45, 7) is 5.01. The Kier molecular flexibility index (Phi) is 11.2. The molecule has 0 aromatic heterocycles. The van der Waals surface area contributed by atoms with Gasteiger partial charge in [0.05, 0.1) is 0 Å². The SMILES string of the molecule is CCCC(CC1CCCCC1)C(=O)NCC(C)NC.Cl. The van der Waals surface area contributed by atoms with Crippen molar-refractivity contribution in [2.45, 2.75) is 71.3 Å². The molecule has 0 aromatic rings. The quantitative estimate of drug-likeness (QED) is 0.720. The number of halogens is 1. The van der Waals surface area contributed by atoms with Crippen LogP contribution in [0.15, 0.2) is 0 Å².